The van der Waals surface area contributed by atoms with Crippen molar-refractivity contribution in [3.8, 4) is 17.0 Å². The Bertz CT molecular complexity index is 1130. The van der Waals surface area contributed by atoms with E-state index in [9.17, 15) is 9.59 Å². The number of methoxy groups -OCH3 is 1. The summed E-state index contributed by atoms with van der Waals surface area (Å²) in [6.45, 7) is 2.79. The van der Waals surface area contributed by atoms with Crippen LogP contribution in [0.2, 0.25) is 0 Å². The normalized spacial score (nSPS) is 16.2. The third-order valence-corrected chi connectivity index (χ3v) is 5.10. The molecule has 0 bridgehead atoms. The zero-order valence-corrected chi connectivity index (χ0v) is 17.4. The van der Waals surface area contributed by atoms with Crippen molar-refractivity contribution in [2.75, 3.05) is 26.8 Å². The van der Waals surface area contributed by atoms with Crippen LogP contribution in [0.3, 0.4) is 0 Å². The van der Waals surface area contributed by atoms with Crippen LogP contribution in [-0.2, 0) is 16.1 Å². The van der Waals surface area contributed by atoms with E-state index in [-0.39, 0.29) is 18.0 Å². The minimum Gasteiger partial charge on any atom is -0.497 e. The van der Waals surface area contributed by atoms with Gasteiger partial charge in [-0.25, -0.2) is 4.68 Å². The van der Waals surface area contributed by atoms with Crippen LogP contribution in [0.15, 0.2) is 53.6 Å². The second kappa shape index (κ2) is 9.05. The van der Waals surface area contributed by atoms with Gasteiger partial charge in [-0.3, -0.25) is 19.6 Å². The molecular formula is C22H23N5O4. The molecule has 0 spiro atoms. The molecule has 160 valence electrons. The minimum atomic E-state index is -0.425. The number of nitrogens with zero attached hydrogens (tertiary/aromatic N) is 5. The van der Waals surface area contributed by atoms with Gasteiger partial charge >= 0.3 is 0 Å². The number of hydrogen-bond donors (Lipinski definition) is 0. The van der Waals surface area contributed by atoms with Gasteiger partial charge in [0, 0.05) is 30.6 Å². The van der Waals surface area contributed by atoms with Crippen LogP contribution in [0.4, 0.5) is 0 Å². The molecule has 1 aromatic carbocycles. The lowest BCUT2D eigenvalue weighted by Gasteiger charge is -2.33. The van der Waals surface area contributed by atoms with Crippen molar-refractivity contribution in [2.45, 2.75) is 19.6 Å². The Morgan fingerprint density at radius 3 is 2.71 bits per heavy atom. The number of carbonyl (C=O) groups excluding carboxylic acids is 1. The number of amides is 1. The number of aromatic nitrogens is 4. The molecule has 1 aliphatic heterocycles. The maximum atomic E-state index is 12.9. The van der Waals surface area contributed by atoms with Crippen molar-refractivity contribution in [1.82, 2.24) is 24.6 Å². The molecule has 3 aromatic rings. The highest BCUT2D eigenvalue weighted by atomic mass is 16.5. The molecule has 1 atom stereocenters. The molecule has 0 saturated carbocycles. The third-order valence-electron chi connectivity index (χ3n) is 5.10. The predicted molar refractivity (Wildman–Crippen MR) is 113 cm³/mol. The summed E-state index contributed by atoms with van der Waals surface area (Å²) >= 11 is 0. The lowest BCUT2D eigenvalue weighted by molar-refractivity contribution is -0.140. The summed E-state index contributed by atoms with van der Waals surface area (Å²) in [5.74, 6) is 0.559. The molecular weight excluding hydrogens is 398 g/mol. The number of ether oxygens (including phenoxy) is 2. The van der Waals surface area contributed by atoms with E-state index in [1.807, 2.05) is 24.3 Å². The molecule has 1 unspecified atom stereocenters. The molecule has 4 rings (SSSR count). The van der Waals surface area contributed by atoms with Crippen molar-refractivity contribution < 1.29 is 14.3 Å². The van der Waals surface area contributed by atoms with Gasteiger partial charge < -0.3 is 14.4 Å². The van der Waals surface area contributed by atoms with Gasteiger partial charge in [-0.05, 0) is 37.3 Å². The van der Waals surface area contributed by atoms with Crippen molar-refractivity contribution >= 4 is 5.91 Å². The number of carbonyl (C=O) groups is 1. The molecule has 0 radical (unpaired) electrons. The quantitative estimate of drug-likeness (QED) is 0.617. The number of hydrogen-bond acceptors (Lipinski definition) is 7. The molecule has 0 aliphatic carbocycles. The first-order chi connectivity index (χ1) is 15.0. The van der Waals surface area contributed by atoms with E-state index < -0.39 is 6.10 Å². The third kappa shape index (κ3) is 4.61. The van der Waals surface area contributed by atoms with E-state index in [0.29, 0.717) is 36.8 Å². The Kier molecular flexibility index (Phi) is 6.03. The topological polar surface area (TPSA) is 99.4 Å². The Morgan fingerprint density at radius 2 is 1.94 bits per heavy atom. The average Bonchev–Trinajstić information content (AvgIpc) is 2.81. The van der Waals surface area contributed by atoms with E-state index >= 15 is 0 Å². The predicted octanol–water partition coefficient (Wildman–Crippen LogP) is 1.62. The van der Waals surface area contributed by atoms with E-state index in [4.69, 9.17) is 9.47 Å². The Labute approximate surface area is 179 Å². The SMILES string of the molecule is COc1ccc(-c2nccnc2C2CN(C(=O)Cn3nc(C)ccc3=O)CCO2)cc1. The Balaban J connectivity index is 1.54. The van der Waals surface area contributed by atoms with E-state index in [1.165, 1.54) is 10.7 Å². The summed E-state index contributed by atoms with van der Waals surface area (Å²) < 4.78 is 12.3. The summed E-state index contributed by atoms with van der Waals surface area (Å²) in [5, 5.41) is 4.15. The summed E-state index contributed by atoms with van der Waals surface area (Å²) in [7, 11) is 1.62. The largest absolute Gasteiger partial charge is 0.497 e. The fourth-order valence-electron chi connectivity index (χ4n) is 3.49. The van der Waals surface area contributed by atoms with Crippen LogP contribution >= 0.6 is 0 Å². The molecule has 0 N–H and O–H groups in total. The zero-order chi connectivity index (χ0) is 21.8. The highest BCUT2D eigenvalue weighted by Crippen LogP contribution is 2.30. The number of aryl methyl sites for hydroxylation is 1. The molecule has 2 aromatic heterocycles. The van der Waals surface area contributed by atoms with Crippen molar-refractivity contribution in [1.29, 1.82) is 0 Å². The smallest absolute Gasteiger partial charge is 0.267 e. The van der Waals surface area contributed by atoms with Crippen LogP contribution in [0.1, 0.15) is 17.5 Å². The Morgan fingerprint density at radius 1 is 1.16 bits per heavy atom. The van der Waals surface area contributed by atoms with Crippen LogP contribution in [-0.4, -0.2) is 57.4 Å². The molecule has 31 heavy (non-hydrogen) atoms. The monoisotopic (exact) mass is 421 g/mol. The first-order valence-corrected chi connectivity index (χ1v) is 9.94. The van der Waals surface area contributed by atoms with Gasteiger partial charge in [0.05, 0.1) is 37.3 Å². The summed E-state index contributed by atoms with van der Waals surface area (Å²) in [6.07, 6.45) is 2.82. The fourth-order valence-corrected chi connectivity index (χ4v) is 3.49. The van der Waals surface area contributed by atoms with Crippen LogP contribution in [0.5, 0.6) is 5.75 Å². The standard InChI is InChI=1S/C22H23N5O4/c1-15-3-8-19(28)27(25-15)14-20(29)26-11-12-31-18(13-26)22-21(23-9-10-24-22)16-4-6-17(30-2)7-5-16/h3-10,18H,11-14H2,1-2H3. The van der Waals surface area contributed by atoms with Crippen molar-refractivity contribution in [3.05, 3.63) is 70.5 Å². The highest BCUT2D eigenvalue weighted by Gasteiger charge is 2.29. The van der Waals surface area contributed by atoms with Gasteiger partial charge in [-0.15, -0.1) is 0 Å². The molecule has 9 heteroatoms. The number of morpholine rings is 1. The molecule has 1 aliphatic rings. The minimum absolute atomic E-state index is 0.112. The van der Waals surface area contributed by atoms with Gasteiger partial charge in [0.1, 0.15) is 18.4 Å². The molecule has 1 fully saturated rings. The van der Waals surface area contributed by atoms with Crippen LogP contribution in [0, 0.1) is 6.92 Å². The molecule has 1 saturated heterocycles. The zero-order valence-electron chi connectivity index (χ0n) is 17.4. The summed E-state index contributed by atoms with van der Waals surface area (Å²) in [6, 6.07) is 10.6. The molecule has 1 amide bonds. The molecule has 9 nitrogen and oxygen atoms in total. The number of benzene rings is 1. The number of rotatable bonds is 5. The van der Waals surface area contributed by atoms with E-state index in [0.717, 1.165) is 11.3 Å². The van der Waals surface area contributed by atoms with Gasteiger partial charge in [0.15, 0.2) is 0 Å². The first kappa shape index (κ1) is 20.7. The lowest BCUT2D eigenvalue weighted by atomic mass is 10.0. The lowest BCUT2D eigenvalue weighted by Crippen LogP contribution is -2.45. The maximum absolute atomic E-state index is 12.9. The second-order valence-electron chi connectivity index (χ2n) is 7.19. The summed E-state index contributed by atoms with van der Waals surface area (Å²) in [5.41, 5.74) is 2.61. The van der Waals surface area contributed by atoms with Crippen molar-refractivity contribution in [2.24, 2.45) is 0 Å². The van der Waals surface area contributed by atoms with Gasteiger partial charge in [-0.1, -0.05) is 0 Å². The summed E-state index contributed by atoms with van der Waals surface area (Å²) in [4.78, 5) is 35.5. The van der Waals surface area contributed by atoms with Crippen molar-refractivity contribution in [3.63, 3.8) is 0 Å². The highest BCUT2D eigenvalue weighted by molar-refractivity contribution is 5.76. The van der Waals surface area contributed by atoms with Crippen LogP contribution < -0.4 is 10.3 Å². The van der Waals surface area contributed by atoms with E-state index in [2.05, 4.69) is 15.1 Å². The molecule has 3 heterocycles. The fraction of sp³-hybridized carbons (Fsp3) is 0.318. The maximum Gasteiger partial charge on any atom is 0.267 e. The van der Waals surface area contributed by atoms with E-state index in [1.54, 1.807) is 37.4 Å². The van der Waals surface area contributed by atoms with Gasteiger partial charge in [0.2, 0.25) is 5.91 Å². The second-order valence-corrected chi connectivity index (χ2v) is 7.19. The Hall–Kier alpha value is -3.59. The van der Waals surface area contributed by atoms with Gasteiger partial charge in [-0.2, -0.15) is 5.10 Å². The van der Waals surface area contributed by atoms with Crippen LogP contribution in [0.25, 0.3) is 11.3 Å². The average molecular weight is 421 g/mol. The first-order valence-electron chi connectivity index (χ1n) is 9.94. The van der Waals surface area contributed by atoms with Gasteiger partial charge in [0.25, 0.3) is 5.56 Å².